The summed E-state index contributed by atoms with van der Waals surface area (Å²) in [5.41, 5.74) is 1.36. The van der Waals surface area contributed by atoms with Crippen molar-refractivity contribution < 1.29 is 13.5 Å². The standard InChI is InChI=1S/C24H29N9O3S/c25-11-15-12-32(13-15)37(35,36)33-18-3-1-4-19(33)8-16(7-18)27-24-20-5-2-6-26-21(20)10-22(29-24)28-23-9-17(14-34)30-31-23/h2,5-6,9-10,15-16,18-19,34H,1,3-4,7-8,12-14H2,(H3,27,28,29,30,31)/t16-,18-,19+. The van der Waals surface area contributed by atoms with E-state index in [-0.39, 0.29) is 43.7 Å². The number of fused-ring (bicyclic) bond motifs is 3. The van der Waals surface area contributed by atoms with Gasteiger partial charge in [0.2, 0.25) is 0 Å². The second-order valence-electron chi connectivity index (χ2n) is 10.0. The zero-order chi connectivity index (χ0) is 25.6. The van der Waals surface area contributed by atoms with Crippen LogP contribution in [0, 0.1) is 17.2 Å². The third kappa shape index (κ3) is 4.50. The molecule has 0 radical (unpaired) electrons. The van der Waals surface area contributed by atoms with Crippen molar-refractivity contribution in [2.75, 3.05) is 23.7 Å². The third-order valence-corrected chi connectivity index (χ3v) is 9.61. The molecule has 6 heterocycles. The Labute approximate surface area is 214 Å². The van der Waals surface area contributed by atoms with E-state index in [4.69, 9.17) is 10.2 Å². The lowest BCUT2D eigenvalue weighted by Crippen LogP contribution is -2.63. The summed E-state index contributed by atoms with van der Waals surface area (Å²) in [7, 11) is -3.58. The summed E-state index contributed by atoms with van der Waals surface area (Å²) in [5, 5.41) is 33.0. The van der Waals surface area contributed by atoms with Gasteiger partial charge in [-0.25, -0.2) is 4.98 Å². The summed E-state index contributed by atoms with van der Waals surface area (Å²) in [6.45, 7) is 0.436. The molecule has 12 nitrogen and oxygen atoms in total. The van der Waals surface area contributed by atoms with E-state index in [1.54, 1.807) is 16.6 Å². The van der Waals surface area contributed by atoms with Crippen molar-refractivity contribution in [1.82, 2.24) is 28.8 Å². The zero-order valence-electron chi connectivity index (χ0n) is 20.2. The molecule has 0 aliphatic carbocycles. The van der Waals surface area contributed by atoms with Gasteiger partial charge in [0.1, 0.15) is 11.6 Å². The average molecular weight is 524 g/mol. The Hall–Kier alpha value is -3.31. The van der Waals surface area contributed by atoms with Crippen LogP contribution >= 0.6 is 0 Å². The molecular weight excluding hydrogens is 494 g/mol. The minimum atomic E-state index is -3.58. The fourth-order valence-corrected chi connectivity index (χ4v) is 7.89. The van der Waals surface area contributed by atoms with E-state index in [0.29, 0.717) is 36.0 Å². The highest BCUT2D eigenvalue weighted by atomic mass is 32.2. The predicted octanol–water partition coefficient (Wildman–Crippen LogP) is 2.09. The molecule has 2 bridgehead atoms. The van der Waals surface area contributed by atoms with Crippen LogP contribution < -0.4 is 10.6 Å². The van der Waals surface area contributed by atoms with Crippen LogP contribution in [0.1, 0.15) is 37.8 Å². The molecule has 0 saturated carbocycles. The smallest absolute Gasteiger partial charge is 0.282 e. The first-order chi connectivity index (χ1) is 17.9. The molecule has 194 valence electrons. The molecule has 0 amide bonds. The van der Waals surface area contributed by atoms with Crippen molar-refractivity contribution in [3.8, 4) is 6.07 Å². The number of aromatic nitrogens is 4. The maximum Gasteiger partial charge on any atom is 0.282 e. The topological polar surface area (TPSA) is 163 Å². The largest absolute Gasteiger partial charge is 0.390 e. The molecule has 0 unspecified atom stereocenters. The van der Waals surface area contributed by atoms with Gasteiger partial charge in [0.05, 0.1) is 29.8 Å². The van der Waals surface area contributed by atoms with Crippen LogP contribution in [-0.2, 0) is 16.8 Å². The Morgan fingerprint density at radius 3 is 2.68 bits per heavy atom. The number of anilines is 3. The Balaban J connectivity index is 1.23. The molecule has 6 rings (SSSR count). The number of rotatable bonds is 7. The summed E-state index contributed by atoms with van der Waals surface area (Å²) in [6.07, 6.45) is 5.77. The van der Waals surface area contributed by atoms with Gasteiger partial charge in [0.25, 0.3) is 10.2 Å². The Bertz CT molecular complexity index is 1430. The predicted molar refractivity (Wildman–Crippen MR) is 137 cm³/mol. The normalized spacial score (nSPS) is 24.9. The molecular formula is C24H29N9O3S. The average Bonchev–Trinajstić information content (AvgIpc) is 3.30. The minimum Gasteiger partial charge on any atom is -0.390 e. The van der Waals surface area contributed by atoms with Crippen molar-refractivity contribution in [3.63, 3.8) is 0 Å². The maximum absolute atomic E-state index is 13.4. The van der Waals surface area contributed by atoms with Crippen LogP contribution in [0.4, 0.5) is 17.5 Å². The lowest BCUT2D eigenvalue weighted by atomic mass is 9.84. The number of aliphatic hydroxyl groups is 1. The summed E-state index contributed by atoms with van der Waals surface area (Å²) in [6, 6.07) is 9.46. The highest BCUT2D eigenvalue weighted by molar-refractivity contribution is 7.86. The first-order valence-corrected chi connectivity index (χ1v) is 14.0. The molecule has 37 heavy (non-hydrogen) atoms. The van der Waals surface area contributed by atoms with Crippen molar-refractivity contribution >= 4 is 38.6 Å². The van der Waals surface area contributed by atoms with Gasteiger partial charge in [-0.05, 0) is 37.8 Å². The van der Waals surface area contributed by atoms with Crippen molar-refractivity contribution in [2.45, 2.75) is 56.8 Å². The number of H-pyrrole nitrogens is 1. The van der Waals surface area contributed by atoms with Gasteiger partial charge < -0.3 is 15.7 Å². The number of hydrogen-bond acceptors (Lipinski definition) is 9. The molecule has 3 aromatic rings. The summed E-state index contributed by atoms with van der Waals surface area (Å²) >= 11 is 0. The molecule has 3 atom stereocenters. The molecule has 3 fully saturated rings. The van der Waals surface area contributed by atoms with Crippen LogP contribution in [0.5, 0.6) is 0 Å². The van der Waals surface area contributed by atoms with Gasteiger partial charge in [-0.1, -0.05) is 6.42 Å². The van der Waals surface area contributed by atoms with Gasteiger partial charge >= 0.3 is 0 Å². The van der Waals surface area contributed by atoms with Crippen LogP contribution in [0.15, 0.2) is 30.5 Å². The quantitative estimate of drug-likeness (QED) is 0.363. The number of aromatic amines is 1. The van der Waals surface area contributed by atoms with E-state index in [9.17, 15) is 13.5 Å². The molecule has 3 aliphatic heterocycles. The van der Waals surface area contributed by atoms with Crippen LogP contribution in [0.3, 0.4) is 0 Å². The van der Waals surface area contributed by atoms with Crippen molar-refractivity contribution in [3.05, 3.63) is 36.2 Å². The Morgan fingerprint density at radius 1 is 1.19 bits per heavy atom. The summed E-state index contributed by atoms with van der Waals surface area (Å²) in [5.74, 6) is 1.58. The lowest BCUT2D eigenvalue weighted by molar-refractivity contribution is 0.0984. The lowest BCUT2D eigenvalue weighted by Gasteiger charge is -2.50. The van der Waals surface area contributed by atoms with E-state index < -0.39 is 10.2 Å². The second kappa shape index (κ2) is 9.53. The SMILES string of the molecule is N#CC1CN(S(=O)(=O)N2[C@@H]3CCC[C@H]2C[C@H](Nc2nc(Nc4cc(CO)[nH]n4)cc4ncccc24)C3)C1. The van der Waals surface area contributed by atoms with E-state index in [2.05, 4.69) is 31.9 Å². The van der Waals surface area contributed by atoms with E-state index >= 15 is 0 Å². The van der Waals surface area contributed by atoms with E-state index in [1.807, 2.05) is 18.2 Å². The molecule has 3 aliphatic rings. The number of pyridine rings is 2. The van der Waals surface area contributed by atoms with Crippen LogP contribution in [-0.4, -0.2) is 73.5 Å². The van der Waals surface area contributed by atoms with Gasteiger partial charge in [0, 0.05) is 54.9 Å². The Kier molecular flexibility index (Phi) is 6.20. The number of nitrogens with zero attached hydrogens (tertiary/aromatic N) is 6. The number of nitriles is 1. The fraction of sp³-hybridized carbons (Fsp3) is 0.500. The highest BCUT2D eigenvalue weighted by Gasteiger charge is 2.49. The first-order valence-electron chi connectivity index (χ1n) is 12.6. The van der Waals surface area contributed by atoms with Crippen LogP contribution in [0.25, 0.3) is 10.9 Å². The molecule has 13 heteroatoms. The number of aliphatic hydroxyl groups excluding tert-OH is 1. The highest BCUT2D eigenvalue weighted by Crippen LogP contribution is 2.39. The van der Waals surface area contributed by atoms with Crippen molar-refractivity contribution in [1.29, 1.82) is 5.26 Å². The van der Waals surface area contributed by atoms with Gasteiger partial charge in [-0.3, -0.25) is 10.1 Å². The monoisotopic (exact) mass is 523 g/mol. The van der Waals surface area contributed by atoms with Crippen molar-refractivity contribution in [2.24, 2.45) is 5.92 Å². The van der Waals surface area contributed by atoms with Gasteiger partial charge in [-0.2, -0.15) is 27.4 Å². The first kappa shape index (κ1) is 24.1. The third-order valence-electron chi connectivity index (χ3n) is 7.53. The number of nitrogens with one attached hydrogen (secondary N) is 3. The second-order valence-corrected chi connectivity index (χ2v) is 11.9. The minimum absolute atomic E-state index is 0.0579. The summed E-state index contributed by atoms with van der Waals surface area (Å²) < 4.78 is 30.0. The molecule has 3 saturated heterocycles. The fourth-order valence-electron chi connectivity index (χ4n) is 5.75. The maximum atomic E-state index is 13.4. The van der Waals surface area contributed by atoms with Gasteiger partial charge in [0.15, 0.2) is 5.82 Å². The number of hydrogen-bond donors (Lipinski definition) is 4. The molecule has 0 aromatic carbocycles. The zero-order valence-corrected chi connectivity index (χ0v) is 21.0. The van der Waals surface area contributed by atoms with E-state index in [0.717, 1.165) is 30.2 Å². The van der Waals surface area contributed by atoms with Crippen LogP contribution in [0.2, 0.25) is 0 Å². The molecule has 0 spiro atoms. The molecule has 4 N–H and O–H groups in total. The number of piperidine rings is 2. The Morgan fingerprint density at radius 2 is 1.97 bits per heavy atom. The van der Waals surface area contributed by atoms with Gasteiger partial charge in [-0.15, -0.1) is 0 Å². The van der Waals surface area contributed by atoms with E-state index in [1.165, 1.54) is 4.31 Å². The molecule has 3 aromatic heterocycles. The summed E-state index contributed by atoms with van der Waals surface area (Å²) in [4.78, 5) is 9.31.